The summed E-state index contributed by atoms with van der Waals surface area (Å²) < 4.78 is 2.24. The summed E-state index contributed by atoms with van der Waals surface area (Å²) in [5, 5.41) is 0. The molecule has 2 rings (SSSR count). The third-order valence-corrected chi connectivity index (χ3v) is 3.73. The molecule has 1 heteroatoms. The van der Waals surface area contributed by atoms with Crippen LogP contribution in [0.25, 0.3) is 11.3 Å². The minimum Gasteiger partial charge on any atom is -0.201 e. The van der Waals surface area contributed by atoms with Crippen LogP contribution < -0.4 is 4.57 Å². The number of aromatic nitrogens is 1. The Bertz CT molecular complexity index is 618. The third kappa shape index (κ3) is 3.27. The average Bonchev–Trinajstić information content (AvgIpc) is 2.32. The Morgan fingerprint density at radius 1 is 1.00 bits per heavy atom. The smallest absolute Gasteiger partial charge is 0.201 e. The van der Waals surface area contributed by atoms with E-state index < -0.39 is 0 Å². The summed E-state index contributed by atoms with van der Waals surface area (Å²) in [5.41, 5.74) is 7.09. The molecule has 0 atom stereocenters. The van der Waals surface area contributed by atoms with E-state index in [2.05, 4.69) is 82.8 Å². The zero-order valence-corrected chi connectivity index (χ0v) is 13.6. The van der Waals surface area contributed by atoms with Crippen LogP contribution in [-0.2, 0) is 13.5 Å². The largest absolute Gasteiger partial charge is 0.212 e. The predicted molar refractivity (Wildman–Crippen MR) is 85.7 cm³/mol. The molecule has 20 heavy (non-hydrogen) atoms. The summed E-state index contributed by atoms with van der Waals surface area (Å²) in [6, 6.07) is 11.0. The SMILES string of the molecule is Cc1c[n+](C)c(-c2ccccc2C)cc1CC(C)(C)C. The van der Waals surface area contributed by atoms with Crippen LogP contribution in [0.2, 0.25) is 0 Å². The number of nitrogens with zero attached hydrogens (tertiary/aromatic N) is 1. The van der Waals surface area contributed by atoms with E-state index in [1.165, 1.54) is 27.9 Å². The maximum Gasteiger partial charge on any atom is 0.212 e. The minimum atomic E-state index is 0.313. The van der Waals surface area contributed by atoms with Gasteiger partial charge in [-0.3, -0.25) is 0 Å². The van der Waals surface area contributed by atoms with Crippen molar-refractivity contribution in [2.24, 2.45) is 12.5 Å². The molecule has 0 unspecified atom stereocenters. The maximum atomic E-state index is 2.36. The molecule has 0 aliphatic heterocycles. The summed E-state index contributed by atoms with van der Waals surface area (Å²) >= 11 is 0. The van der Waals surface area contributed by atoms with Crippen LogP contribution in [0, 0.1) is 19.3 Å². The Hall–Kier alpha value is -1.63. The van der Waals surface area contributed by atoms with Gasteiger partial charge in [0.1, 0.15) is 7.05 Å². The molecule has 1 nitrogen and oxygen atoms in total. The molecule has 1 aromatic carbocycles. The lowest BCUT2D eigenvalue weighted by molar-refractivity contribution is -0.660. The van der Waals surface area contributed by atoms with Gasteiger partial charge >= 0.3 is 0 Å². The van der Waals surface area contributed by atoms with E-state index in [0.29, 0.717) is 5.41 Å². The van der Waals surface area contributed by atoms with Crippen LogP contribution >= 0.6 is 0 Å². The molecule has 0 saturated carbocycles. The first kappa shape index (κ1) is 14.8. The highest BCUT2D eigenvalue weighted by Crippen LogP contribution is 2.26. The van der Waals surface area contributed by atoms with Crippen LogP contribution in [0.4, 0.5) is 0 Å². The molecule has 0 amide bonds. The van der Waals surface area contributed by atoms with Crippen molar-refractivity contribution in [2.45, 2.75) is 41.0 Å². The lowest BCUT2D eigenvalue weighted by atomic mass is 9.86. The quantitative estimate of drug-likeness (QED) is 0.711. The highest BCUT2D eigenvalue weighted by molar-refractivity contribution is 5.61. The Labute approximate surface area is 123 Å². The van der Waals surface area contributed by atoms with E-state index in [-0.39, 0.29) is 0 Å². The van der Waals surface area contributed by atoms with E-state index in [4.69, 9.17) is 0 Å². The Morgan fingerprint density at radius 3 is 2.25 bits per heavy atom. The highest BCUT2D eigenvalue weighted by atomic mass is 14.9. The summed E-state index contributed by atoms with van der Waals surface area (Å²) in [4.78, 5) is 0. The molecule has 1 aromatic heterocycles. The molecular weight excluding hydrogens is 242 g/mol. The zero-order chi connectivity index (χ0) is 14.9. The first-order valence-corrected chi connectivity index (χ1v) is 7.33. The number of hydrogen-bond donors (Lipinski definition) is 0. The van der Waals surface area contributed by atoms with Crippen LogP contribution in [0.3, 0.4) is 0 Å². The van der Waals surface area contributed by atoms with E-state index in [0.717, 1.165) is 6.42 Å². The molecule has 0 radical (unpaired) electrons. The molecule has 106 valence electrons. The van der Waals surface area contributed by atoms with Gasteiger partial charge in [0, 0.05) is 17.2 Å². The van der Waals surface area contributed by atoms with Gasteiger partial charge < -0.3 is 0 Å². The highest BCUT2D eigenvalue weighted by Gasteiger charge is 2.19. The molecule has 0 bridgehead atoms. The lowest BCUT2D eigenvalue weighted by Gasteiger charge is -2.19. The van der Waals surface area contributed by atoms with Crippen LogP contribution in [-0.4, -0.2) is 0 Å². The predicted octanol–water partition coefficient (Wildman–Crippen LogP) is 4.38. The van der Waals surface area contributed by atoms with Gasteiger partial charge in [0.2, 0.25) is 5.69 Å². The van der Waals surface area contributed by atoms with Gasteiger partial charge in [-0.25, -0.2) is 4.57 Å². The van der Waals surface area contributed by atoms with Crippen molar-refractivity contribution in [1.82, 2.24) is 0 Å². The number of pyridine rings is 1. The molecule has 0 aliphatic rings. The van der Waals surface area contributed by atoms with Gasteiger partial charge in [-0.1, -0.05) is 39.0 Å². The molecule has 0 fully saturated rings. The normalized spacial score (nSPS) is 11.7. The second-order valence-electron chi connectivity index (χ2n) is 7.03. The number of hydrogen-bond acceptors (Lipinski definition) is 0. The van der Waals surface area contributed by atoms with Gasteiger partial charge in [0.15, 0.2) is 6.20 Å². The van der Waals surface area contributed by atoms with Gasteiger partial charge in [-0.2, -0.15) is 0 Å². The van der Waals surface area contributed by atoms with Crippen molar-refractivity contribution < 1.29 is 4.57 Å². The fourth-order valence-corrected chi connectivity index (χ4v) is 2.71. The van der Waals surface area contributed by atoms with Gasteiger partial charge in [-0.05, 0) is 42.9 Å². The topological polar surface area (TPSA) is 3.88 Å². The zero-order valence-electron chi connectivity index (χ0n) is 13.6. The molecule has 0 saturated heterocycles. The molecule has 0 spiro atoms. The van der Waals surface area contributed by atoms with Crippen molar-refractivity contribution in [3.63, 3.8) is 0 Å². The van der Waals surface area contributed by atoms with Crippen LogP contribution in [0.15, 0.2) is 36.5 Å². The Balaban J connectivity index is 2.55. The Morgan fingerprint density at radius 2 is 1.65 bits per heavy atom. The fourth-order valence-electron chi connectivity index (χ4n) is 2.71. The molecule has 0 aliphatic carbocycles. The molecular formula is C19H26N+. The summed E-state index contributed by atoms with van der Waals surface area (Å²) in [6.07, 6.45) is 3.36. The number of aryl methyl sites for hydroxylation is 3. The number of rotatable bonds is 2. The maximum absolute atomic E-state index is 2.36. The third-order valence-electron chi connectivity index (χ3n) is 3.73. The fraction of sp³-hybridized carbons (Fsp3) is 0.421. The Kier molecular flexibility index (Phi) is 3.99. The molecule has 1 heterocycles. The molecule has 2 aromatic rings. The first-order valence-electron chi connectivity index (χ1n) is 7.33. The van der Waals surface area contributed by atoms with Gasteiger partial charge in [0.25, 0.3) is 0 Å². The van der Waals surface area contributed by atoms with Crippen molar-refractivity contribution >= 4 is 0 Å². The monoisotopic (exact) mass is 268 g/mol. The minimum absolute atomic E-state index is 0.313. The molecule has 0 N–H and O–H groups in total. The second kappa shape index (κ2) is 5.40. The van der Waals surface area contributed by atoms with Crippen molar-refractivity contribution in [3.8, 4) is 11.3 Å². The van der Waals surface area contributed by atoms with Gasteiger partial charge in [0.05, 0.1) is 0 Å². The standard InChI is InChI=1S/C19H26N/c1-14-9-7-8-10-17(14)18-11-16(12-19(3,4)5)15(2)13-20(18)6/h7-11,13H,12H2,1-6H3/q+1. The average molecular weight is 268 g/mol. The van der Waals surface area contributed by atoms with E-state index in [1.54, 1.807) is 0 Å². The van der Waals surface area contributed by atoms with Crippen LogP contribution in [0.5, 0.6) is 0 Å². The van der Waals surface area contributed by atoms with Crippen molar-refractivity contribution in [3.05, 3.63) is 53.2 Å². The second-order valence-corrected chi connectivity index (χ2v) is 7.03. The van der Waals surface area contributed by atoms with Crippen LogP contribution in [0.1, 0.15) is 37.5 Å². The summed E-state index contributed by atoms with van der Waals surface area (Å²) in [7, 11) is 2.13. The van der Waals surface area contributed by atoms with Crippen molar-refractivity contribution in [2.75, 3.05) is 0 Å². The van der Waals surface area contributed by atoms with E-state index >= 15 is 0 Å². The summed E-state index contributed by atoms with van der Waals surface area (Å²) in [5.74, 6) is 0. The van der Waals surface area contributed by atoms with E-state index in [1.807, 2.05) is 0 Å². The number of benzene rings is 1. The lowest BCUT2D eigenvalue weighted by Crippen LogP contribution is -2.32. The first-order chi connectivity index (χ1) is 9.28. The van der Waals surface area contributed by atoms with Crippen molar-refractivity contribution in [1.29, 1.82) is 0 Å². The summed E-state index contributed by atoms with van der Waals surface area (Å²) in [6.45, 7) is 11.3. The van der Waals surface area contributed by atoms with Gasteiger partial charge in [-0.15, -0.1) is 0 Å². The van der Waals surface area contributed by atoms with E-state index in [9.17, 15) is 0 Å².